The molecule has 0 amide bonds. The van der Waals surface area contributed by atoms with Crippen molar-refractivity contribution in [2.24, 2.45) is 5.73 Å². The van der Waals surface area contributed by atoms with Gasteiger partial charge in [-0.1, -0.05) is 30.3 Å². The number of aryl methyl sites for hydroxylation is 1. The number of para-hydroxylation sites is 1. The number of carbonyl (C=O) groups is 1. The van der Waals surface area contributed by atoms with E-state index in [9.17, 15) is 14.5 Å². The Kier molecular flexibility index (Phi) is 12.4. The van der Waals surface area contributed by atoms with Crippen LogP contribution in [0.5, 0.6) is 5.75 Å². The number of esters is 1. The van der Waals surface area contributed by atoms with E-state index in [1.807, 2.05) is 18.4 Å². The molecule has 0 aliphatic carbocycles. The first-order valence-electron chi connectivity index (χ1n) is 11.6. The van der Waals surface area contributed by atoms with Crippen LogP contribution in [0.2, 0.25) is 0 Å². The monoisotopic (exact) mass is 535 g/mol. The lowest BCUT2D eigenvalue weighted by molar-refractivity contribution is -0.145. The van der Waals surface area contributed by atoms with E-state index < -0.39 is 31.9 Å². The molecule has 0 bridgehead atoms. The molecule has 4 N–H and O–H groups in total. The number of nitrogens with zero attached hydrogens (tertiary/aromatic N) is 1. The van der Waals surface area contributed by atoms with Gasteiger partial charge in [-0.3, -0.25) is 9.32 Å². The van der Waals surface area contributed by atoms with Crippen LogP contribution >= 0.6 is 19.5 Å². The Balaban J connectivity index is 2.18. The molecule has 36 heavy (non-hydrogen) atoms. The van der Waals surface area contributed by atoms with Crippen molar-refractivity contribution in [2.45, 2.75) is 37.8 Å². The third kappa shape index (κ3) is 9.94. The van der Waals surface area contributed by atoms with Crippen molar-refractivity contribution < 1.29 is 28.3 Å². The maximum atomic E-state index is 13.8. The summed E-state index contributed by atoms with van der Waals surface area (Å²) >= 11 is 1.53. The minimum Gasteiger partial charge on any atom is -0.465 e. The molecular formula is C25H34N3O6PS. The Hall–Kier alpha value is -2.38. The third-order valence-corrected chi connectivity index (χ3v) is 7.49. The van der Waals surface area contributed by atoms with E-state index in [-0.39, 0.29) is 19.0 Å². The Bertz CT molecular complexity index is 1030. The summed E-state index contributed by atoms with van der Waals surface area (Å²) < 4.78 is 30.4. The van der Waals surface area contributed by atoms with Gasteiger partial charge < -0.3 is 20.1 Å². The average molecular weight is 536 g/mol. The predicted octanol–water partition coefficient (Wildman–Crippen LogP) is 3.66. The molecule has 0 spiro atoms. The number of aliphatic hydroxyl groups excluding tert-OH is 1. The molecule has 11 heteroatoms. The van der Waals surface area contributed by atoms with Crippen molar-refractivity contribution in [1.29, 1.82) is 5.26 Å². The minimum absolute atomic E-state index is 0.173. The molecule has 0 aliphatic heterocycles. The van der Waals surface area contributed by atoms with Crippen molar-refractivity contribution in [3.63, 3.8) is 0 Å². The molecule has 0 aliphatic rings. The molecule has 9 nitrogen and oxygen atoms in total. The predicted molar refractivity (Wildman–Crippen MR) is 141 cm³/mol. The number of aliphatic hydroxyl groups is 1. The van der Waals surface area contributed by atoms with Crippen molar-refractivity contribution in [3.05, 3.63) is 65.7 Å². The molecule has 2 unspecified atom stereocenters. The van der Waals surface area contributed by atoms with E-state index in [0.29, 0.717) is 30.6 Å². The highest BCUT2D eigenvalue weighted by Crippen LogP contribution is 2.46. The van der Waals surface area contributed by atoms with Gasteiger partial charge in [0.1, 0.15) is 11.8 Å². The lowest BCUT2D eigenvalue weighted by Crippen LogP contribution is -2.49. The first-order valence-corrected chi connectivity index (χ1v) is 14.5. The number of ether oxygens (including phenoxy) is 1. The van der Waals surface area contributed by atoms with Crippen LogP contribution in [0, 0.1) is 11.3 Å². The molecule has 2 aromatic carbocycles. The number of thioether (sulfide) groups is 1. The second-order valence-electron chi connectivity index (χ2n) is 8.22. The Morgan fingerprint density at radius 3 is 2.53 bits per heavy atom. The van der Waals surface area contributed by atoms with Crippen molar-refractivity contribution >= 4 is 25.5 Å². The van der Waals surface area contributed by atoms with Crippen molar-refractivity contribution in [1.82, 2.24) is 5.09 Å². The standard InChI is InChI=1S/C25H34N3O6PS/c1-3-32-24(30)23(14-16-36-2)28-35(31,34-22-7-5-4-6-8-22)33-19-25(27,18-29)15-13-20-9-11-21(17-26)12-10-20/h4-12,23,29H,3,13-16,18-19,27H2,1-2H3,(H,28,31)/t23-,25?,35?/m0/s1. The molecule has 2 aromatic rings. The molecule has 0 fully saturated rings. The highest BCUT2D eigenvalue weighted by Gasteiger charge is 2.37. The second kappa shape index (κ2) is 15.0. The fourth-order valence-corrected chi connectivity index (χ4v) is 5.26. The second-order valence-corrected chi connectivity index (χ2v) is 10.9. The summed E-state index contributed by atoms with van der Waals surface area (Å²) in [5.41, 5.74) is 6.64. The SMILES string of the molecule is CCOC(=O)[C@H](CCSC)NP(=O)(OCC(N)(CO)CCc1ccc(C#N)cc1)Oc1ccccc1. The zero-order valence-corrected chi connectivity index (χ0v) is 22.3. The van der Waals surface area contributed by atoms with E-state index in [1.165, 1.54) is 11.8 Å². The van der Waals surface area contributed by atoms with E-state index in [4.69, 9.17) is 24.8 Å². The van der Waals surface area contributed by atoms with Gasteiger partial charge in [0.25, 0.3) is 0 Å². The van der Waals surface area contributed by atoms with Crippen LogP contribution in [0.25, 0.3) is 0 Å². The number of nitrogens with two attached hydrogens (primary N) is 1. The van der Waals surface area contributed by atoms with Gasteiger partial charge in [0, 0.05) is 0 Å². The zero-order chi connectivity index (χ0) is 26.4. The number of carbonyl (C=O) groups excluding carboxylic acids is 1. The van der Waals surface area contributed by atoms with Gasteiger partial charge in [-0.15, -0.1) is 0 Å². The number of nitrogens with one attached hydrogen (secondary N) is 1. The number of rotatable bonds is 16. The quantitative estimate of drug-likeness (QED) is 0.215. The van der Waals surface area contributed by atoms with Crippen LogP contribution in [0.3, 0.4) is 0 Å². The molecule has 2 rings (SSSR count). The largest absolute Gasteiger partial charge is 0.465 e. The molecule has 196 valence electrons. The summed E-state index contributed by atoms with van der Waals surface area (Å²) in [6.45, 7) is 1.14. The van der Waals surface area contributed by atoms with E-state index in [0.717, 1.165) is 5.56 Å². The first-order chi connectivity index (χ1) is 17.3. The number of benzene rings is 2. The Labute approximate surface area is 216 Å². The molecule has 0 saturated carbocycles. The van der Waals surface area contributed by atoms with Crippen LogP contribution in [0.4, 0.5) is 0 Å². The van der Waals surface area contributed by atoms with Crippen LogP contribution in [-0.2, 0) is 25.0 Å². The van der Waals surface area contributed by atoms with E-state index in [2.05, 4.69) is 11.2 Å². The lowest BCUT2D eigenvalue weighted by atomic mass is 9.94. The summed E-state index contributed by atoms with van der Waals surface area (Å²) in [5, 5.41) is 21.7. The molecule has 0 saturated heterocycles. The topological polar surface area (TPSA) is 144 Å². The van der Waals surface area contributed by atoms with Gasteiger partial charge in [-0.2, -0.15) is 22.1 Å². The maximum Gasteiger partial charge on any atom is 0.459 e. The Morgan fingerprint density at radius 2 is 1.94 bits per heavy atom. The summed E-state index contributed by atoms with van der Waals surface area (Å²) in [6.07, 6.45) is 3.06. The lowest BCUT2D eigenvalue weighted by Gasteiger charge is -2.30. The smallest absolute Gasteiger partial charge is 0.459 e. The summed E-state index contributed by atoms with van der Waals surface area (Å²) in [7, 11) is -4.12. The Morgan fingerprint density at radius 1 is 1.25 bits per heavy atom. The number of hydrogen-bond donors (Lipinski definition) is 3. The molecular weight excluding hydrogens is 501 g/mol. The third-order valence-electron chi connectivity index (χ3n) is 5.30. The molecule has 3 atom stereocenters. The molecule has 0 radical (unpaired) electrons. The minimum atomic E-state index is -4.12. The van der Waals surface area contributed by atoms with Gasteiger partial charge in [0.05, 0.1) is 37.0 Å². The van der Waals surface area contributed by atoms with E-state index >= 15 is 0 Å². The van der Waals surface area contributed by atoms with Crippen LogP contribution in [0.1, 0.15) is 30.9 Å². The summed E-state index contributed by atoms with van der Waals surface area (Å²) in [5.74, 6) is 0.336. The highest BCUT2D eigenvalue weighted by molar-refractivity contribution is 7.98. The van der Waals surface area contributed by atoms with Crippen molar-refractivity contribution in [3.8, 4) is 11.8 Å². The van der Waals surface area contributed by atoms with Crippen LogP contribution in [0.15, 0.2) is 54.6 Å². The average Bonchev–Trinajstić information content (AvgIpc) is 2.90. The zero-order valence-electron chi connectivity index (χ0n) is 20.6. The van der Waals surface area contributed by atoms with Crippen molar-refractivity contribution in [2.75, 3.05) is 31.8 Å². The maximum absolute atomic E-state index is 13.8. The number of nitriles is 1. The van der Waals surface area contributed by atoms with Gasteiger partial charge in [0.15, 0.2) is 0 Å². The molecule has 0 heterocycles. The molecule has 0 aromatic heterocycles. The van der Waals surface area contributed by atoms with Gasteiger partial charge in [0.2, 0.25) is 0 Å². The normalized spacial score (nSPS) is 15.2. The summed E-state index contributed by atoms with van der Waals surface area (Å²) in [4.78, 5) is 12.5. The first kappa shape index (κ1) is 29.8. The summed E-state index contributed by atoms with van der Waals surface area (Å²) in [6, 6.07) is 16.6. The van der Waals surface area contributed by atoms with Gasteiger partial charge in [-0.05, 0) is 68.0 Å². The van der Waals surface area contributed by atoms with Gasteiger partial charge in [-0.25, -0.2) is 4.57 Å². The highest BCUT2D eigenvalue weighted by atomic mass is 32.2. The number of hydrogen-bond acceptors (Lipinski definition) is 9. The van der Waals surface area contributed by atoms with Crippen LogP contribution in [-0.4, -0.2) is 54.5 Å². The fourth-order valence-electron chi connectivity index (χ4n) is 3.16. The van der Waals surface area contributed by atoms with Crippen LogP contribution < -0.4 is 15.3 Å². The fraction of sp³-hybridized carbons (Fsp3) is 0.440. The van der Waals surface area contributed by atoms with E-state index in [1.54, 1.807) is 49.4 Å². The van der Waals surface area contributed by atoms with Gasteiger partial charge >= 0.3 is 13.7 Å².